The Morgan fingerprint density at radius 2 is 1.84 bits per heavy atom. The second-order valence-corrected chi connectivity index (χ2v) is 5.86. The summed E-state index contributed by atoms with van der Waals surface area (Å²) in [5.41, 5.74) is 3.60. The highest BCUT2D eigenvalue weighted by Crippen LogP contribution is 2.28. The second kappa shape index (κ2) is 5.18. The molecule has 1 aliphatic rings. The number of imidazole rings is 1. The number of hydrogen-bond donors (Lipinski definition) is 0. The van der Waals surface area contributed by atoms with E-state index < -0.39 is 0 Å². The molecule has 1 aromatic carbocycles. The summed E-state index contributed by atoms with van der Waals surface area (Å²) in [4.78, 5) is 4.68. The minimum Gasteiger partial charge on any atom is -0.327 e. The van der Waals surface area contributed by atoms with Gasteiger partial charge in [0.05, 0.1) is 12.2 Å². The second-order valence-electron chi connectivity index (χ2n) is 5.05. The van der Waals surface area contributed by atoms with Crippen LogP contribution in [0.25, 0.3) is 0 Å². The molecule has 2 nitrogen and oxygen atoms in total. The summed E-state index contributed by atoms with van der Waals surface area (Å²) in [6.45, 7) is 2.77. The summed E-state index contributed by atoms with van der Waals surface area (Å²) in [5, 5.41) is 1.45. The van der Waals surface area contributed by atoms with Crippen molar-refractivity contribution >= 4 is 23.2 Å². The van der Waals surface area contributed by atoms with Crippen LogP contribution < -0.4 is 0 Å². The number of aryl methyl sites for hydroxylation is 2. The summed E-state index contributed by atoms with van der Waals surface area (Å²) < 4.78 is 2.27. The van der Waals surface area contributed by atoms with E-state index >= 15 is 0 Å². The van der Waals surface area contributed by atoms with Crippen LogP contribution in [0.4, 0.5) is 0 Å². The molecule has 4 heteroatoms. The molecule has 0 unspecified atom stereocenters. The van der Waals surface area contributed by atoms with E-state index in [1.165, 1.54) is 24.2 Å². The Labute approximate surface area is 123 Å². The molecule has 3 rings (SSSR count). The van der Waals surface area contributed by atoms with E-state index in [1.54, 1.807) is 0 Å². The zero-order chi connectivity index (χ0) is 13.4. The van der Waals surface area contributed by atoms with Gasteiger partial charge in [0.1, 0.15) is 5.82 Å². The Hall–Kier alpha value is -0.990. The summed E-state index contributed by atoms with van der Waals surface area (Å²) in [7, 11) is 0. The van der Waals surface area contributed by atoms with Crippen LogP contribution in [0.1, 0.15) is 35.6 Å². The van der Waals surface area contributed by atoms with Crippen molar-refractivity contribution in [3.63, 3.8) is 0 Å². The fourth-order valence-corrected chi connectivity index (χ4v) is 3.30. The molecule has 0 bridgehead atoms. The van der Waals surface area contributed by atoms with E-state index in [0.29, 0.717) is 6.54 Å². The van der Waals surface area contributed by atoms with Crippen LogP contribution in [0.5, 0.6) is 0 Å². The molecule has 0 saturated carbocycles. The summed E-state index contributed by atoms with van der Waals surface area (Å²) in [6.07, 6.45) is 4.70. The van der Waals surface area contributed by atoms with E-state index in [9.17, 15) is 0 Å². The van der Waals surface area contributed by atoms with E-state index in [4.69, 9.17) is 23.2 Å². The molecule has 19 heavy (non-hydrogen) atoms. The first-order valence-corrected chi connectivity index (χ1v) is 7.40. The lowest BCUT2D eigenvalue weighted by molar-refractivity contribution is 0.624. The van der Waals surface area contributed by atoms with E-state index in [1.807, 2.05) is 18.2 Å². The van der Waals surface area contributed by atoms with Crippen molar-refractivity contribution < 1.29 is 0 Å². The lowest BCUT2D eigenvalue weighted by Gasteiger charge is -2.16. The van der Waals surface area contributed by atoms with Crippen LogP contribution in [-0.4, -0.2) is 9.55 Å². The molecule has 0 spiro atoms. The molecule has 100 valence electrons. The molecule has 0 N–H and O–H groups in total. The van der Waals surface area contributed by atoms with Crippen LogP contribution >= 0.6 is 23.2 Å². The molecule has 1 aromatic heterocycles. The Kier molecular flexibility index (Phi) is 3.55. The maximum atomic E-state index is 6.26. The van der Waals surface area contributed by atoms with Crippen molar-refractivity contribution in [2.75, 3.05) is 0 Å². The predicted molar refractivity (Wildman–Crippen MR) is 79.2 cm³/mol. The first-order chi connectivity index (χ1) is 9.16. The molecule has 0 fully saturated rings. The quantitative estimate of drug-likeness (QED) is 0.801. The highest BCUT2D eigenvalue weighted by atomic mass is 35.5. The Bertz CT molecular complexity index is 597. The highest BCUT2D eigenvalue weighted by Gasteiger charge is 2.19. The average molecular weight is 295 g/mol. The summed E-state index contributed by atoms with van der Waals surface area (Å²) >= 11 is 12.5. The zero-order valence-electron chi connectivity index (χ0n) is 10.9. The fourth-order valence-electron chi connectivity index (χ4n) is 2.79. The predicted octanol–water partition coefficient (Wildman–Crippen LogP) is 4.43. The summed E-state index contributed by atoms with van der Waals surface area (Å²) in [6, 6.07) is 5.66. The number of rotatable bonds is 2. The number of benzene rings is 1. The van der Waals surface area contributed by atoms with Crippen LogP contribution in [0, 0.1) is 6.92 Å². The number of halogens is 2. The molecule has 1 aliphatic carbocycles. The first kappa shape index (κ1) is 13.0. The van der Waals surface area contributed by atoms with Gasteiger partial charge in [-0.1, -0.05) is 29.3 Å². The van der Waals surface area contributed by atoms with Gasteiger partial charge < -0.3 is 4.57 Å². The monoisotopic (exact) mass is 294 g/mol. The molecule has 0 saturated heterocycles. The van der Waals surface area contributed by atoms with Gasteiger partial charge in [-0.25, -0.2) is 4.98 Å². The normalized spacial score (nSPS) is 14.5. The SMILES string of the molecule is Cc1nc2c(n1Cc1c(Cl)cccc1Cl)CCCC2. The van der Waals surface area contributed by atoms with Gasteiger partial charge in [-0.2, -0.15) is 0 Å². The minimum absolute atomic E-state index is 0.715. The van der Waals surface area contributed by atoms with Crippen molar-refractivity contribution in [2.24, 2.45) is 0 Å². The number of hydrogen-bond acceptors (Lipinski definition) is 1. The lowest BCUT2D eigenvalue weighted by Crippen LogP contribution is -2.10. The van der Waals surface area contributed by atoms with E-state index in [-0.39, 0.29) is 0 Å². The Morgan fingerprint density at radius 1 is 1.16 bits per heavy atom. The maximum absolute atomic E-state index is 6.26. The van der Waals surface area contributed by atoms with Crippen LogP contribution in [0.3, 0.4) is 0 Å². The van der Waals surface area contributed by atoms with Gasteiger partial charge in [0.15, 0.2) is 0 Å². The van der Waals surface area contributed by atoms with Crippen molar-refractivity contribution in [1.82, 2.24) is 9.55 Å². The smallest absolute Gasteiger partial charge is 0.106 e. The van der Waals surface area contributed by atoms with Crippen LogP contribution in [0.2, 0.25) is 10.0 Å². The third-order valence-corrected chi connectivity index (χ3v) is 4.51. The zero-order valence-corrected chi connectivity index (χ0v) is 12.4. The van der Waals surface area contributed by atoms with Gasteiger partial charge in [-0.05, 0) is 44.7 Å². The van der Waals surface area contributed by atoms with E-state index in [2.05, 4.69) is 16.5 Å². The lowest BCUT2D eigenvalue weighted by atomic mass is 10.0. The standard InChI is InChI=1S/C15H16Cl2N2/c1-10-18-14-7-2-3-8-15(14)19(10)9-11-12(16)5-4-6-13(11)17/h4-6H,2-3,7-9H2,1H3. The Balaban J connectivity index is 2.02. The molecule has 0 amide bonds. The first-order valence-electron chi connectivity index (χ1n) is 6.64. The van der Waals surface area contributed by atoms with Gasteiger partial charge >= 0.3 is 0 Å². The number of fused-ring (bicyclic) bond motifs is 1. The summed E-state index contributed by atoms with van der Waals surface area (Å²) in [5.74, 6) is 1.06. The van der Waals surface area contributed by atoms with E-state index in [0.717, 1.165) is 34.3 Å². The highest BCUT2D eigenvalue weighted by molar-refractivity contribution is 6.35. The average Bonchev–Trinajstić information content (AvgIpc) is 2.70. The van der Waals surface area contributed by atoms with Gasteiger partial charge in [-0.15, -0.1) is 0 Å². The van der Waals surface area contributed by atoms with Gasteiger partial charge in [-0.3, -0.25) is 0 Å². The largest absolute Gasteiger partial charge is 0.327 e. The van der Waals surface area contributed by atoms with Crippen molar-refractivity contribution in [2.45, 2.75) is 39.2 Å². The van der Waals surface area contributed by atoms with Gasteiger partial charge in [0.2, 0.25) is 0 Å². The molecule has 0 atom stereocenters. The maximum Gasteiger partial charge on any atom is 0.106 e. The third kappa shape index (κ3) is 2.39. The number of nitrogens with zero attached hydrogens (tertiary/aromatic N) is 2. The van der Waals surface area contributed by atoms with Crippen molar-refractivity contribution in [1.29, 1.82) is 0 Å². The molecule has 1 heterocycles. The molecular weight excluding hydrogens is 279 g/mol. The number of aromatic nitrogens is 2. The molecule has 0 radical (unpaired) electrons. The van der Waals surface area contributed by atoms with Gasteiger partial charge in [0.25, 0.3) is 0 Å². The van der Waals surface area contributed by atoms with Crippen molar-refractivity contribution in [3.8, 4) is 0 Å². The third-order valence-electron chi connectivity index (χ3n) is 3.80. The van der Waals surface area contributed by atoms with Crippen LogP contribution in [0.15, 0.2) is 18.2 Å². The van der Waals surface area contributed by atoms with Crippen LogP contribution in [-0.2, 0) is 19.4 Å². The fraction of sp³-hybridized carbons (Fsp3) is 0.400. The molecule has 2 aromatic rings. The Morgan fingerprint density at radius 3 is 2.58 bits per heavy atom. The molecule has 0 aliphatic heterocycles. The van der Waals surface area contributed by atoms with Crippen molar-refractivity contribution in [3.05, 3.63) is 51.0 Å². The molecular formula is C15H16Cl2N2. The van der Waals surface area contributed by atoms with Gasteiger partial charge in [0, 0.05) is 21.3 Å². The topological polar surface area (TPSA) is 17.8 Å². The minimum atomic E-state index is 0.715.